The first-order valence-corrected chi connectivity index (χ1v) is 6.92. The van der Waals surface area contributed by atoms with E-state index in [1.807, 2.05) is 13.0 Å². The summed E-state index contributed by atoms with van der Waals surface area (Å²) in [6.07, 6.45) is 2.47. The normalized spacial score (nSPS) is 12.1. The van der Waals surface area contributed by atoms with E-state index in [-0.39, 0.29) is 17.7 Å². The van der Waals surface area contributed by atoms with Crippen molar-refractivity contribution >= 4 is 0 Å². The van der Waals surface area contributed by atoms with Gasteiger partial charge in [0, 0.05) is 6.04 Å². The molecule has 0 saturated carbocycles. The Morgan fingerprint density at radius 1 is 1.48 bits per heavy atom. The molecule has 0 aliphatic heterocycles. The monoisotopic (exact) mass is 287 g/mol. The number of nitriles is 1. The molecule has 2 aromatic rings. The van der Waals surface area contributed by atoms with Crippen molar-refractivity contribution in [1.82, 2.24) is 20.1 Å². The molecule has 1 aromatic heterocycles. The van der Waals surface area contributed by atoms with Gasteiger partial charge in [0.05, 0.1) is 5.69 Å². The van der Waals surface area contributed by atoms with Crippen LogP contribution in [-0.2, 0) is 0 Å². The van der Waals surface area contributed by atoms with Crippen molar-refractivity contribution < 1.29 is 4.39 Å². The van der Waals surface area contributed by atoms with E-state index in [1.54, 1.807) is 13.0 Å². The van der Waals surface area contributed by atoms with Gasteiger partial charge in [-0.3, -0.25) is 0 Å². The van der Waals surface area contributed by atoms with E-state index in [9.17, 15) is 4.39 Å². The van der Waals surface area contributed by atoms with Crippen molar-refractivity contribution in [2.75, 3.05) is 6.54 Å². The summed E-state index contributed by atoms with van der Waals surface area (Å²) < 4.78 is 15.4. The van der Waals surface area contributed by atoms with Crippen LogP contribution in [0.25, 0.3) is 5.69 Å². The SMILES string of the molecule is CCCNC(C)c1cc(F)c(C)cc1-n1cnc(C#N)n1. The summed E-state index contributed by atoms with van der Waals surface area (Å²) in [5.74, 6) is -0.156. The van der Waals surface area contributed by atoms with Gasteiger partial charge in [-0.05, 0) is 50.1 Å². The fraction of sp³-hybridized carbons (Fsp3) is 0.400. The zero-order valence-electron chi connectivity index (χ0n) is 12.4. The first-order chi connectivity index (χ1) is 10.1. The van der Waals surface area contributed by atoms with Crippen molar-refractivity contribution in [3.8, 4) is 11.8 Å². The molecule has 0 saturated heterocycles. The third-order valence-corrected chi connectivity index (χ3v) is 3.31. The maximum absolute atomic E-state index is 13.9. The van der Waals surface area contributed by atoms with E-state index in [0.29, 0.717) is 5.56 Å². The largest absolute Gasteiger partial charge is 0.310 e. The Labute approximate surface area is 123 Å². The zero-order chi connectivity index (χ0) is 15.4. The van der Waals surface area contributed by atoms with E-state index >= 15 is 0 Å². The minimum atomic E-state index is -0.250. The lowest BCUT2D eigenvalue weighted by Crippen LogP contribution is -2.21. The molecule has 21 heavy (non-hydrogen) atoms. The summed E-state index contributed by atoms with van der Waals surface area (Å²) in [6, 6.07) is 5.12. The Hall–Kier alpha value is -2.26. The Bertz CT molecular complexity index is 671. The molecule has 5 nitrogen and oxygen atoms in total. The van der Waals surface area contributed by atoms with E-state index in [4.69, 9.17) is 5.26 Å². The van der Waals surface area contributed by atoms with Gasteiger partial charge in [0.25, 0.3) is 5.82 Å². The molecule has 1 N–H and O–H groups in total. The van der Waals surface area contributed by atoms with Crippen molar-refractivity contribution in [1.29, 1.82) is 5.26 Å². The van der Waals surface area contributed by atoms with Gasteiger partial charge in [-0.15, -0.1) is 5.10 Å². The van der Waals surface area contributed by atoms with Crippen molar-refractivity contribution in [2.45, 2.75) is 33.2 Å². The highest BCUT2D eigenvalue weighted by atomic mass is 19.1. The first-order valence-electron chi connectivity index (χ1n) is 6.92. The van der Waals surface area contributed by atoms with Gasteiger partial charge in [0.2, 0.25) is 0 Å². The quantitative estimate of drug-likeness (QED) is 0.918. The molecule has 0 aliphatic carbocycles. The van der Waals surface area contributed by atoms with Gasteiger partial charge in [0.1, 0.15) is 18.2 Å². The van der Waals surface area contributed by atoms with Gasteiger partial charge < -0.3 is 5.32 Å². The Morgan fingerprint density at radius 2 is 2.24 bits per heavy atom. The zero-order valence-corrected chi connectivity index (χ0v) is 12.4. The molecular formula is C15H18FN5. The summed E-state index contributed by atoms with van der Waals surface area (Å²) in [7, 11) is 0. The molecule has 6 heteroatoms. The number of halogens is 1. The second kappa shape index (κ2) is 6.46. The van der Waals surface area contributed by atoms with Crippen LogP contribution in [0, 0.1) is 24.1 Å². The highest BCUT2D eigenvalue weighted by Crippen LogP contribution is 2.24. The maximum Gasteiger partial charge on any atom is 0.252 e. The van der Waals surface area contributed by atoms with E-state index < -0.39 is 0 Å². The topological polar surface area (TPSA) is 66.5 Å². The van der Waals surface area contributed by atoms with Crippen LogP contribution in [0.3, 0.4) is 0 Å². The lowest BCUT2D eigenvalue weighted by atomic mass is 10.0. The van der Waals surface area contributed by atoms with Crippen LogP contribution in [-0.4, -0.2) is 21.3 Å². The molecule has 0 aliphatic rings. The third kappa shape index (κ3) is 3.26. The predicted molar refractivity (Wildman–Crippen MR) is 77.5 cm³/mol. The number of nitrogens with one attached hydrogen (secondary N) is 1. The van der Waals surface area contributed by atoms with Crippen molar-refractivity contribution in [3.05, 3.63) is 41.2 Å². The van der Waals surface area contributed by atoms with Crippen LogP contribution < -0.4 is 5.32 Å². The smallest absolute Gasteiger partial charge is 0.252 e. The van der Waals surface area contributed by atoms with Crippen LogP contribution in [0.2, 0.25) is 0 Å². The van der Waals surface area contributed by atoms with Gasteiger partial charge in [-0.1, -0.05) is 6.92 Å². The minimum Gasteiger partial charge on any atom is -0.310 e. The number of aryl methyl sites for hydroxylation is 1. The molecular weight excluding hydrogens is 269 g/mol. The molecule has 1 heterocycles. The lowest BCUT2D eigenvalue weighted by Gasteiger charge is -2.18. The van der Waals surface area contributed by atoms with E-state index in [2.05, 4.69) is 22.3 Å². The van der Waals surface area contributed by atoms with Crippen LogP contribution in [0.15, 0.2) is 18.5 Å². The number of hydrogen-bond acceptors (Lipinski definition) is 4. The summed E-state index contributed by atoms with van der Waals surface area (Å²) in [5.41, 5.74) is 2.06. The predicted octanol–water partition coefficient (Wildman–Crippen LogP) is 2.65. The van der Waals surface area contributed by atoms with Crippen LogP contribution >= 0.6 is 0 Å². The van der Waals surface area contributed by atoms with E-state index in [0.717, 1.165) is 24.2 Å². The number of benzene rings is 1. The number of rotatable bonds is 5. The standard InChI is InChI=1S/C15H18FN5/c1-4-5-18-11(3)12-7-13(16)10(2)6-14(12)21-9-19-15(8-17)20-21/h6-7,9,11,18H,4-5H2,1-3H3. The van der Waals surface area contributed by atoms with Gasteiger partial charge in [-0.2, -0.15) is 5.26 Å². The Kier molecular flexibility index (Phi) is 4.66. The first kappa shape index (κ1) is 15.1. The average molecular weight is 287 g/mol. The minimum absolute atomic E-state index is 0.0233. The summed E-state index contributed by atoms with van der Waals surface area (Å²) in [4.78, 5) is 3.90. The summed E-state index contributed by atoms with van der Waals surface area (Å²) in [6.45, 7) is 6.60. The van der Waals surface area contributed by atoms with Crippen molar-refractivity contribution in [3.63, 3.8) is 0 Å². The molecule has 0 bridgehead atoms. The van der Waals surface area contributed by atoms with Gasteiger partial charge >= 0.3 is 0 Å². The molecule has 0 spiro atoms. The number of aromatic nitrogens is 3. The third-order valence-electron chi connectivity index (χ3n) is 3.31. The summed E-state index contributed by atoms with van der Waals surface area (Å²) in [5, 5.41) is 16.3. The highest BCUT2D eigenvalue weighted by molar-refractivity contribution is 5.45. The Balaban J connectivity index is 2.47. The highest BCUT2D eigenvalue weighted by Gasteiger charge is 2.16. The van der Waals surface area contributed by atoms with Gasteiger partial charge in [-0.25, -0.2) is 14.1 Å². The molecule has 1 unspecified atom stereocenters. The van der Waals surface area contributed by atoms with Crippen LogP contribution in [0.1, 0.15) is 43.3 Å². The van der Waals surface area contributed by atoms with E-state index in [1.165, 1.54) is 17.1 Å². The molecule has 1 atom stereocenters. The second-order valence-corrected chi connectivity index (χ2v) is 4.96. The number of nitrogens with zero attached hydrogens (tertiary/aromatic N) is 4. The van der Waals surface area contributed by atoms with Gasteiger partial charge in [0.15, 0.2) is 0 Å². The maximum atomic E-state index is 13.9. The Morgan fingerprint density at radius 3 is 2.86 bits per heavy atom. The lowest BCUT2D eigenvalue weighted by molar-refractivity contribution is 0.556. The molecule has 0 amide bonds. The number of hydrogen-bond donors (Lipinski definition) is 1. The molecule has 2 rings (SSSR count). The fourth-order valence-electron chi connectivity index (χ4n) is 2.13. The van der Waals surface area contributed by atoms with Crippen molar-refractivity contribution in [2.24, 2.45) is 0 Å². The molecule has 110 valence electrons. The van der Waals surface area contributed by atoms with Crippen LogP contribution in [0.5, 0.6) is 0 Å². The average Bonchev–Trinajstić information content (AvgIpc) is 2.96. The summed E-state index contributed by atoms with van der Waals surface area (Å²) >= 11 is 0. The molecule has 0 fully saturated rings. The molecule has 1 aromatic carbocycles. The molecule has 0 radical (unpaired) electrons. The fourth-order valence-corrected chi connectivity index (χ4v) is 2.13. The van der Waals surface area contributed by atoms with Crippen LogP contribution in [0.4, 0.5) is 4.39 Å². The second-order valence-electron chi connectivity index (χ2n) is 4.96.